The van der Waals surface area contributed by atoms with Crippen LogP contribution < -0.4 is 16.4 Å². The molecule has 0 aliphatic heterocycles. The van der Waals surface area contributed by atoms with E-state index in [4.69, 9.17) is 10.5 Å². The van der Waals surface area contributed by atoms with Crippen LogP contribution in [-0.4, -0.2) is 36.6 Å². The number of carbonyl (C=O) groups excluding carboxylic acids is 3. The molecule has 23 heavy (non-hydrogen) atoms. The van der Waals surface area contributed by atoms with Gasteiger partial charge < -0.3 is 21.1 Å². The summed E-state index contributed by atoms with van der Waals surface area (Å²) in [5.41, 5.74) is 4.27. The highest BCUT2D eigenvalue weighted by Gasteiger charge is 2.43. The van der Waals surface area contributed by atoms with Crippen molar-refractivity contribution in [1.29, 1.82) is 0 Å². The Balaban J connectivity index is 1.92. The zero-order chi connectivity index (χ0) is 16.9. The smallest absolute Gasteiger partial charge is 0.331 e. The van der Waals surface area contributed by atoms with E-state index >= 15 is 0 Å². The molecule has 7 heteroatoms. The van der Waals surface area contributed by atoms with Crippen LogP contribution in [0.1, 0.15) is 57.8 Å². The third-order valence-electron chi connectivity index (χ3n) is 5.09. The molecule has 0 aromatic heterocycles. The van der Waals surface area contributed by atoms with Crippen LogP contribution in [0.15, 0.2) is 0 Å². The topological polar surface area (TPSA) is 111 Å². The Morgan fingerprint density at radius 2 is 1.65 bits per heavy atom. The molecule has 2 aliphatic rings. The number of nitrogens with two attached hydrogens (primary N) is 1. The Labute approximate surface area is 136 Å². The molecule has 0 saturated heterocycles. The standard InChI is InChI=1S/C16H27N3O4/c1-23-14(21)16(9-3-2-4-10-16)19-13(20)11-5-7-12(8-6-11)18-15(17)22/h11-12H,2-10H2,1H3,(H,19,20)(H3,17,18,22). The van der Waals surface area contributed by atoms with Gasteiger partial charge in [-0.05, 0) is 38.5 Å². The van der Waals surface area contributed by atoms with E-state index in [9.17, 15) is 14.4 Å². The van der Waals surface area contributed by atoms with E-state index in [2.05, 4.69) is 10.6 Å². The van der Waals surface area contributed by atoms with Crippen molar-refractivity contribution < 1.29 is 19.1 Å². The van der Waals surface area contributed by atoms with E-state index in [0.717, 1.165) is 32.1 Å². The molecular weight excluding hydrogens is 298 g/mol. The Kier molecular flexibility index (Phi) is 5.85. The number of hydrogen-bond donors (Lipinski definition) is 3. The van der Waals surface area contributed by atoms with Crippen LogP contribution in [0.25, 0.3) is 0 Å². The van der Waals surface area contributed by atoms with Gasteiger partial charge in [0.1, 0.15) is 5.54 Å². The average molecular weight is 325 g/mol. The normalized spacial score (nSPS) is 26.8. The van der Waals surface area contributed by atoms with Crippen molar-refractivity contribution in [3.63, 3.8) is 0 Å². The molecule has 0 bridgehead atoms. The number of primary amides is 1. The van der Waals surface area contributed by atoms with Crippen LogP contribution in [0, 0.1) is 5.92 Å². The van der Waals surface area contributed by atoms with Gasteiger partial charge in [0, 0.05) is 12.0 Å². The molecule has 2 fully saturated rings. The molecule has 0 atom stereocenters. The lowest BCUT2D eigenvalue weighted by atomic mass is 9.80. The first-order valence-corrected chi connectivity index (χ1v) is 8.43. The van der Waals surface area contributed by atoms with Crippen LogP contribution in [0.3, 0.4) is 0 Å². The molecule has 4 N–H and O–H groups in total. The number of methoxy groups -OCH3 is 1. The fourth-order valence-corrected chi connectivity index (χ4v) is 3.77. The van der Waals surface area contributed by atoms with Gasteiger partial charge >= 0.3 is 12.0 Å². The Hall–Kier alpha value is -1.79. The summed E-state index contributed by atoms with van der Waals surface area (Å²) in [6, 6.07) is -0.481. The van der Waals surface area contributed by atoms with Crippen LogP contribution in [-0.2, 0) is 14.3 Å². The van der Waals surface area contributed by atoms with Crippen LogP contribution in [0.2, 0.25) is 0 Å². The second kappa shape index (κ2) is 7.66. The van der Waals surface area contributed by atoms with E-state index in [1.54, 1.807) is 0 Å². The fourth-order valence-electron chi connectivity index (χ4n) is 3.77. The molecule has 0 spiro atoms. The van der Waals surface area contributed by atoms with Gasteiger partial charge in [0.25, 0.3) is 0 Å². The molecule has 0 aromatic rings. The Morgan fingerprint density at radius 1 is 1.04 bits per heavy atom. The van der Waals surface area contributed by atoms with Crippen molar-refractivity contribution in [3.8, 4) is 0 Å². The van der Waals surface area contributed by atoms with Crippen molar-refractivity contribution in [2.45, 2.75) is 69.4 Å². The second-order valence-electron chi connectivity index (χ2n) is 6.68. The summed E-state index contributed by atoms with van der Waals surface area (Å²) in [7, 11) is 1.37. The quantitative estimate of drug-likeness (QED) is 0.675. The largest absolute Gasteiger partial charge is 0.467 e. The molecule has 0 heterocycles. The van der Waals surface area contributed by atoms with Crippen molar-refractivity contribution in [3.05, 3.63) is 0 Å². The number of urea groups is 1. The Bertz CT molecular complexity index is 452. The number of esters is 1. The molecule has 2 aliphatic carbocycles. The Morgan fingerprint density at radius 3 is 2.17 bits per heavy atom. The monoisotopic (exact) mass is 325 g/mol. The van der Waals surface area contributed by atoms with E-state index in [0.29, 0.717) is 25.7 Å². The summed E-state index contributed by atoms with van der Waals surface area (Å²) in [5, 5.41) is 5.67. The van der Waals surface area contributed by atoms with Crippen molar-refractivity contribution >= 4 is 17.9 Å². The van der Waals surface area contributed by atoms with Gasteiger partial charge in [-0.25, -0.2) is 9.59 Å². The van der Waals surface area contributed by atoms with Crippen molar-refractivity contribution in [2.75, 3.05) is 7.11 Å². The highest BCUT2D eigenvalue weighted by Crippen LogP contribution is 2.31. The maximum atomic E-state index is 12.6. The maximum Gasteiger partial charge on any atom is 0.331 e. The van der Waals surface area contributed by atoms with Gasteiger partial charge in [-0.15, -0.1) is 0 Å². The lowest BCUT2D eigenvalue weighted by Gasteiger charge is -2.37. The van der Waals surface area contributed by atoms with Crippen LogP contribution in [0.5, 0.6) is 0 Å². The number of nitrogens with one attached hydrogen (secondary N) is 2. The maximum absolute atomic E-state index is 12.6. The number of hydrogen-bond acceptors (Lipinski definition) is 4. The second-order valence-corrected chi connectivity index (χ2v) is 6.68. The first-order valence-electron chi connectivity index (χ1n) is 8.43. The van der Waals surface area contributed by atoms with Crippen molar-refractivity contribution in [1.82, 2.24) is 10.6 Å². The average Bonchev–Trinajstić information content (AvgIpc) is 2.55. The first kappa shape index (κ1) is 17.6. The fraction of sp³-hybridized carbons (Fsp3) is 0.812. The summed E-state index contributed by atoms with van der Waals surface area (Å²) >= 11 is 0. The third kappa shape index (κ3) is 4.36. The SMILES string of the molecule is COC(=O)C1(NC(=O)C2CCC(NC(N)=O)CC2)CCCCC1. The van der Waals surface area contributed by atoms with Gasteiger partial charge in [-0.2, -0.15) is 0 Å². The van der Waals surface area contributed by atoms with Crippen LogP contribution in [0.4, 0.5) is 4.79 Å². The molecule has 0 radical (unpaired) electrons. The van der Waals surface area contributed by atoms with Crippen molar-refractivity contribution in [2.24, 2.45) is 11.7 Å². The lowest BCUT2D eigenvalue weighted by Crippen LogP contribution is -2.57. The number of carbonyl (C=O) groups is 3. The predicted octanol–water partition coefficient (Wildman–Crippen LogP) is 1.21. The van der Waals surface area contributed by atoms with E-state index in [-0.39, 0.29) is 23.8 Å². The zero-order valence-electron chi connectivity index (χ0n) is 13.7. The summed E-state index contributed by atoms with van der Waals surface area (Å²) in [6.45, 7) is 0. The minimum atomic E-state index is -0.855. The van der Waals surface area contributed by atoms with Crippen LogP contribution >= 0.6 is 0 Å². The number of ether oxygens (including phenoxy) is 1. The molecule has 2 saturated carbocycles. The highest BCUT2D eigenvalue weighted by atomic mass is 16.5. The van der Waals surface area contributed by atoms with E-state index in [1.165, 1.54) is 7.11 Å². The molecule has 0 unspecified atom stereocenters. The summed E-state index contributed by atoms with van der Waals surface area (Å²) in [4.78, 5) is 35.6. The molecule has 7 nitrogen and oxygen atoms in total. The minimum Gasteiger partial charge on any atom is -0.467 e. The summed E-state index contributed by atoms with van der Waals surface area (Å²) in [6.07, 6.45) is 7.04. The van der Waals surface area contributed by atoms with Gasteiger partial charge in [0.2, 0.25) is 5.91 Å². The minimum absolute atomic E-state index is 0.0424. The van der Waals surface area contributed by atoms with Gasteiger partial charge in [0.05, 0.1) is 7.11 Å². The molecule has 0 aromatic carbocycles. The van der Waals surface area contributed by atoms with Gasteiger partial charge in [-0.1, -0.05) is 19.3 Å². The van der Waals surface area contributed by atoms with Gasteiger partial charge in [-0.3, -0.25) is 4.79 Å². The van der Waals surface area contributed by atoms with Gasteiger partial charge in [0.15, 0.2) is 0 Å². The first-order chi connectivity index (χ1) is 11.0. The molecular formula is C16H27N3O4. The lowest BCUT2D eigenvalue weighted by molar-refractivity contribution is -0.153. The predicted molar refractivity (Wildman–Crippen MR) is 84.4 cm³/mol. The molecule has 2 rings (SSSR count). The summed E-state index contributed by atoms with van der Waals surface area (Å²) < 4.78 is 4.93. The third-order valence-corrected chi connectivity index (χ3v) is 5.09. The number of amides is 3. The van der Waals surface area contributed by atoms with E-state index in [1.807, 2.05) is 0 Å². The zero-order valence-corrected chi connectivity index (χ0v) is 13.7. The number of rotatable bonds is 4. The molecule has 3 amide bonds. The van der Waals surface area contributed by atoms with E-state index < -0.39 is 11.6 Å². The highest BCUT2D eigenvalue weighted by molar-refractivity contribution is 5.89. The summed E-state index contributed by atoms with van der Waals surface area (Å²) in [5.74, 6) is -0.533. The molecule has 130 valence electrons.